The summed E-state index contributed by atoms with van der Waals surface area (Å²) < 4.78 is 0. The van der Waals surface area contributed by atoms with E-state index in [1.807, 2.05) is 18.2 Å². The number of aromatic nitrogens is 2. The Morgan fingerprint density at radius 1 is 1.28 bits per heavy atom. The van der Waals surface area contributed by atoms with E-state index in [0.29, 0.717) is 6.04 Å². The summed E-state index contributed by atoms with van der Waals surface area (Å²) in [6.45, 7) is 0. The van der Waals surface area contributed by atoms with Crippen LogP contribution in [0.4, 0.5) is 5.95 Å². The van der Waals surface area contributed by atoms with Crippen molar-refractivity contribution in [1.82, 2.24) is 9.97 Å². The minimum Gasteiger partial charge on any atom is -0.341 e. The molecule has 1 aliphatic rings. The molecule has 0 radical (unpaired) electrons. The molecule has 1 heterocycles. The van der Waals surface area contributed by atoms with Gasteiger partial charge in [0, 0.05) is 13.1 Å². The van der Waals surface area contributed by atoms with Gasteiger partial charge in [0.25, 0.3) is 0 Å². The molecule has 0 spiro atoms. The fourth-order valence-corrected chi connectivity index (χ4v) is 3.22. The van der Waals surface area contributed by atoms with Gasteiger partial charge in [-0.3, -0.25) is 0 Å². The normalized spacial score (nSPS) is 24.3. The van der Waals surface area contributed by atoms with E-state index >= 15 is 0 Å². The number of nitrogens with one attached hydrogen (secondary N) is 1. The summed E-state index contributed by atoms with van der Waals surface area (Å²) in [5, 5.41) is 0.233. The van der Waals surface area contributed by atoms with Crippen molar-refractivity contribution in [1.29, 1.82) is 0 Å². The third kappa shape index (κ3) is 2.07. The van der Waals surface area contributed by atoms with E-state index in [9.17, 15) is 0 Å². The molecule has 96 valence electrons. The summed E-state index contributed by atoms with van der Waals surface area (Å²) in [5.41, 5.74) is 2.10. The molecular weight excluding hydrogens is 246 g/mol. The van der Waals surface area contributed by atoms with Crippen LogP contribution in [0.25, 0.3) is 11.0 Å². The number of alkyl halides is 1. The van der Waals surface area contributed by atoms with E-state index < -0.39 is 0 Å². The summed E-state index contributed by atoms with van der Waals surface area (Å²) in [6.07, 6.45) is 4.77. The lowest BCUT2D eigenvalue weighted by molar-refractivity contribution is 0.431. The Labute approximate surface area is 112 Å². The molecule has 0 aliphatic heterocycles. The highest BCUT2D eigenvalue weighted by atomic mass is 35.5. The zero-order chi connectivity index (χ0) is 12.5. The van der Waals surface area contributed by atoms with Gasteiger partial charge in [0.2, 0.25) is 5.95 Å². The molecule has 0 amide bonds. The van der Waals surface area contributed by atoms with Gasteiger partial charge in [-0.25, -0.2) is 4.98 Å². The molecule has 0 bridgehead atoms. The van der Waals surface area contributed by atoms with Gasteiger partial charge in [-0.1, -0.05) is 25.0 Å². The molecule has 4 heteroatoms. The number of anilines is 1. The van der Waals surface area contributed by atoms with Crippen LogP contribution in [0.5, 0.6) is 0 Å². The van der Waals surface area contributed by atoms with Crippen molar-refractivity contribution in [3.05, 3.63) is 24.3 Å². The fraction of sp³-hybridized carbons (Fsp3) is 0.500. The highest BCUT2D eigenvalue weighted by Crippen LogP contribution is 2.29. The number of benzene rings is 1. The number of fused-ring (bicyclic) bond motifs is 1. The average molecular weight is 264 g/mol. The number of para-hydroxylation sites is 2. The fourth-order valence-electron chi connectivity index (χ4n) is 2.77. The number of nitrogens with zero attached hydrogens (tertiary/aromatic N) is 2. The summed E-state index contributed by atoms with van der Waals surface area (Å²) in [7, 11) is 2.09. The molecule has 1 aromatic heterocycles. The number of imidazole rings is 1. The van der Waals surface area contributed by atoms with E-state index in [2.05, 4.69) is 28.0 Å². The van der Waals surface area contributed by atoms with Gasteiger partial charge in [0.15, 0.2) is 0 Å². The highest BCUT2D eigenvalue weighted by Gasteiger charge is 2.28. The zero-order valence-corrected chi connectivity index (χ0v) is 11.3. The zero-order valence-electron chi connectivity index (χ0n) is 10.6. The van der Waals surface area contributed by atoms with Crippen molar-refractivity contribution < 1.29 is 0 Å². The Bertz CT molecular complexity index is 504. The van der Waals surface area contributed by atoms with Crippen LogP contribution in [0.1, 0.15) is 25.7 Å². The lowest BCUT2D eigenvalue weighted by atomic mass is 9.94. The molecular formula is C14H18ClN3. The van der Waals surface area contributed by atoms with Gasteiger partial charge in [0.1, 0.15) is 0 Å². The number of hydrogen-bond donors (Lipinski definition) is 1. The number of halogens is 1. The summed E-state index contributed by atoms with van der Waals surface area (Å²) in [6, 6.07) is 8.51. The third-order valence-corrected chi connectivity index (χ3v) is 4.36. The van der Waals surface area contributed by atoms with E-state index in [4.69, 9.17) is 11.6 Å². The van der Waals surface area contributed by atoms with Crippen LogP contribution in [0.15, 0.2) is 24.3 Å². The first-order valence-corrected chi connectivity index (χ1v) is 7.01. The average Bonchev–Trinajstić information content (AvgIpc) is 2.82. The van der Waals surface area contributed by atoms with Crippen molar-refractivity contribution in [3.63, 3.8) is 0 Å². The van der Waals surface area contributed by atoms with Crippen molar-refractivity contribution in [2.45, 2.75) is 37.1 Å². The Kier molecular flexibility index (Phi) is 3.16. The Morgan fingerprint density at radius 3 is 2.83 bits per heavy atom. The Morgan fingerprint density at radius 2 is 2.06 bits per heavy atom. The van der Waals surface area contributed by atoms with E-state index in [-0.39, 0.29) is 5.38 Å². The monoisotopic (exact) mass is 263 g/mol. The second-order valence-electron chi connectivity index (χ2n) is 5.06. The van der Waals surface area contributed by atoms with Crippen LogP contribution in [0.2, 0.25) is 0 Å². The first-order chi connectivity index (χ1) is 8.75. The van der Waals surface area contributed by atoms with Crippen molar-refractivity contribution >= 4 is 28.6 Å². The molecule has 3 rings (SSSR count). The minimum absolute atomic E-state index is 0.233. The van der Waals surface area contributed by atoms with Gasteiger partial charge in [-0.2, -0.15) is 0 Å². The van der Waals surface area contributed by atoms with Crippen LogP contribution < -0.4 is 4.90 Å². The van der Waals surface area contributed by atoms with Gasteiger partial charge in [0.05, 0.1) is 16.4 Å². The second kappa shape index (κ2) is 4.81. The second-order valence-corrected chi connectivity index (χ2v) is 5.62. The van der Waals surface area contributed by atoms with Crippen molar-refractivity contribution in [2.24, 2.45) is 0 Å². The van der Waals surface area contributed by atoms with Gasteiger partial charge < -0.3 is 9.88 Å². The number of H-pyrrole nitrogens is 1. The summed E-state index contributed by atoms with van der Waals surface area (Å²) in [4.78, 5) is 10.2. The molecule has 2 aromatic rings. The number of aromatic amines is 1. The Balaban J connectivity index is 1.88. The Hall–Kier alpha value is -1.22. The molecule has 1 aliphatic carbocycles. The van der Waals surface area contributed by atoms with Crippen LogP contribution in [0, 0.1) is 0 Å². The predicted molar refractivity (Wildman–Crippen MR) is 76.4 cm³/mol. The maximum absolute atomic E-state index is 6.44. The smallest absolute Gasteiger partial charge is 0.203 e. The van der Waals surface area contributed by atoms with Crippen LogP contribution in [-0.2, 0) is 0 Å². The highest BCUT2D eigenvalue weighted by molar-refractivity contribution is 6.21. The first kappa shape index (κ1) is 11.8. The minimum atomic E-state index is 0.233. The SMILES string of the molecule is CN(c1nc2ccccc2[nH]1)C1CCCCC1Cl. The molecule has 2 atom stereocenters. The predicted octanol–water partition coefficient (Wildman–Crippen LogP) is 3.55. The van der Waals surface area contributed by atoms with E-state index in [0.717, 1.165) is 29.8 Å². The molecule has 3 nitrogen and oxygen atoms in total. The van der Waals surface area contributed by atoms with Crippen molar-refractivity contribution in [2.75, 3.05) is 11.9 Å². The molecule has 1 aromatic carbocycles. The lowest BCUT2D eigenvalue weighted by Crippen LogP contribution is -2.41. The maximum Gasteiger partial charge on any atom is 0.203 e. The molecule has 1 fully saturated rings. The summed E-state index contributed by atoms with van der Waals surface area (Å²) in [5.74, 6) is 0.925. The standard InChI is InChI=1S/C14H18ClN3/c1-18(13-9-5-2-6-10(13)15)14-16-11-7-3-4-8-12(11)17-14/h3-4,7-8,10,13H,2,5-6,9H2,1H3,(H,16,17). The van der Waals surface area contributed by atoms with Crippen molar-refractivity contribution in [3.8, 4) is 0 Å². The van der Waals surface area contributed by atoms with Gasteiger partial charge >= 0.3 is 0 Å². The lowest BCUT2D eigenvalue weighted by Gasteiger charge is -2.34. The third-order valence-electron chi connectivity index (χ3n) is 3.86. The number of rotatable bonds is 2. The molecule has 1 N–H and O–H groups in total. The first-order valence-electron chi connectivity index (χ1n) is 6.57. The largest absolute Gasteiger partial charge is 0.341 e. The van der Waals surface area contributed by atoms with E-state index in [1.165, 1.54) is 12.8 Å². The van der Waals surface area contributed by atoms with Gasteiger partial charge in [-0.05, 0) is 25.0 Å². The number of hydrogen-bond acceptors (Lipinski definition) is 2. The van der Waals surface area contributed by atoms with Gasteiger partial charge in [-0.15, -0.1) is 11.6 Å². The molecule has 1 saturated carbocycles. The van der Waals surface area contributed by atoms with Crippen LogP contribution >= 0.6 is 11.6 Å². The van der Waals surface area contributed by atoms with Crippen LogP contribution in [-0.4, -0.2) is 28.4 Å². The molecule has 0 saturated heterocycles. The molecule has 2 unspecified atom stereocenters. The summed E-state index contributed by atoms with van der Waals surface area (Å²) >= 11 is 6.44. The van der Waals surface area contributed by atoms with E-state index in [1.54, 1.807) is 0 Å². The van der Waals surface area contributed by atoms with Crippen LogP contribution in [0.3, 0.4) is 0 Å². The maximum atomic E-state index is 6.44. The topological polar surface area (TPSA) is 31.9 Å². The quantitative estimate of drug-likeness (QED) is 0.841. The molecule has 18 heavy (non-hydrogen) atoms.